The van der Waals surface area contributed by atoms with Gasteiger partial charge >= 0.3 is 5.69 Å². The van der Waals surface area contributed by atoms with Crippen LogP contribution in [0.1, 0.15) is 38.1 Å². The van der Waals surface area contributed by atoms with E-state index in [4.69, 9.17) is 0 Å². The van der Waals surface area contributed by atoms with Gasteiger partial charge in [-0.3, -0.25) is 4.57 Å². The van der Waals surface area contributed by atoms with Crippen LogP contribution < -0.4 is 5.69 Å². The monoisotopic (exact) mass is 325 g/mol. The molecule has 4 fully saturated rings. The first kappa shape index (κ1) is 13.2. The van der Waals surface area contributed by atoms with Crippen molar-refractivity contribution >= 4 is 22.2 Å². The summed E-state index contributed by atoms with van der Waals surface area (Å²) in [4.78, 5) is 27.4. The molecule has 2 atom stereocenters. The molecule has 7 heteroatoms. The van der Waals surface area contributed by atoms with Crippen LogP contribution in [0.3, 0.4) is 0 Å². The SMILES string of the molecule is O=c1[nH]c2cnc3nc[nH]c3c2n1C1C2CC3CC1CC(O)(C3)C2. The number of aromatic amines is 2. The van der Waals surface area contributed by atoms with E-state index in [-0.39, 0.29) is 11.7 Å². The van der Waals surface area contributed by atoms with Crippen molar-refractivity contribution < 1.29 is 5.11 Å². The second-order valence-electron chi connectivity index (χ2n) is 8.11. The second-order valence-corrected chi connectivity index (χ2v) is 8.11. The number of aromatic nitrogens is 5. The maximum atomic E-state index is 12.8. The second kappa shape index (κ2) is 4.08. The van der Waals surface area contributed by atoms with E-state index in [0.717, 1.165) is 48.7 Å². The lowest BCUT2D eigenvalue weighted by atomic mass is 9.52. The number of imidazole rings is 2. The number of H-pyrrole nitrogens is 2. The summed E-state index contributed by atoms with van der Waals surface area (Å²) in [5, 5.41) is 10.8. The smallest absolute Gasteiger partial charge is 0.326 e. The number of hydrogen-bond acceptors (Lipinski definition) is 4. The topological polar surface area (TPSA) is 99.6 Å². The molecular weight excluding hydrogens is 306 g/mol. The van der Waals surface area contributed by atoms with Crippen LogP contribution in [0.15, 0.2) is 17.3 Å². The molecule has 0 radical (unpaired) electrons. The molecule has 0 amide bonds. The van der Waals surface area contributed by atoms with Gasteiger partial charge in [0.25, 0.3) is 0 Å². The quantitative estimate of drug-likeness (QED) is 0.634. The minimum Gasteiger partial charge on any atom is -0.390 e. The molecule has 3 heterocycles. The Morgan fingerprint density at radius 2 is 2.00 bits per heavy atom. The van der Waals surface area contributed by atoms with Crippen molar-refractivity contribution in [1.29, 1.82) is 0 Å². The first-order valence-corrected chi connectivity index (χ1v) is 8.76. The fraction of sp³-hybridized carbons (Fsp3) is 0.588. The van der Waals surface area contributed by atoms with Gasteiger partial charge in [0.15, 0.2) is 5.65 Å². The third kappa shape index (κ3) is 1.53. The summed E-state index contributed by atoms with van der Waals surface area (Å²) < 4.78 is 1.94. The van der Waals surface area contributed by atoms with E-state index in [0.29, 0.717) is 23.4 Å². The Morgan fingerprint density at radius 1 is 1.21 bits per heavy atom. The van der Waals surface area contributed by atoms with Crippen molar-refractivity contribution in [3.8, 4) is 0 Å². The van der Waals surface area contributed by atoms with Crippen molar-refractivity contribution in [3.05, 3.63) is 23.0 Å². The molecule has 0 aromatic carbocycles. The Hall–Kier alpha value is -2.15. The number of nitrogens with one attached hydrogen (secondary N) is 2. The molecule has 24 heavy (non-hydrogen) atoms. The highest BCUT2D eigenvalue weighted by molar-refractivity contribution is 5.98. The summed E-state index contributed by atoms with van der Waals surface area (Å²) in [6, 6.07) is 0.164. The van der Waals surface area contributed by atoms with Crippen LogP contribution in [0.25, 0.3) is 22.2 Å². The number of rotatable bonds is 1. The zero-order chi connectivity index (χ0) is 16.1. The molecule has 7 rings (SSSR count). The zero-order valence-electron chi connectivity index (χ0n) is 13.2. The van der Waals surface area contributed by atoms with Crippen molar-refractivity contribution in [2.24, 2.45) is 17.8 Å². The third-order valence-electron chi connectivity index (χ3n) is 6.62. The van der Waals surface area contributed by atoms with Gasteiger partial charge in [-0.2, -0.15) is 0 Å². The molecule has 4 aliphatic rings. The van der Waals surface area contributed by atoms with E-state index in [1.54, 1.807) is 12.5 Å². The van der Waals surface area contributed by atoms with E-state index < -0.39 is 5.60 Å². The van der Waals surface area contributed by atoms with Gasteiger partial charge in [-0.15, -0.1) is 0 Å². The Balaban J connectivity index is 1.61. The summed E-state index contributed by atoms with van der Waals surface area (Å²) in [7, 11) is 0. The number of nitrogens with zero attached hydrogens (tertiary/aromatic N) is 3. The van der Waals surface area contributed by atoms with Crippen LogP contribution in [0.5, 0.6) is 0 Å². The molecule has 0 aliphatic heterocycles. The number of pyridine rings is 1. The first-order chi connectivity index (χ1) is 11.6. The van der Waals surface area contributed by atoms with Crippen LogP contribution in [-0.2, 0) is 0 Å². The van der Waals surface area contributed by atoms with E-state index in [9.17, 15) is 9.90 Å². The van der Waals surface area contributed by atoms with Crippen LogP contribution in [0, 0.1) is 17.8 Å². The minimum atomic E-state index is -0.492. The number of aliphatic hydroxyl groups is 1. The summed E-state index contributed by atoms with van der Waals surface area (Å²) >= 11 is 0. The molecule has 4 bridgehead atoms. The van der Waals surface area contributed by atoms with Gasteiger partial charge in [-0.1, -0.05) is 0 Å². The van der Waals surface area contributed by atoms with Crippen molar-refractivity contribution in [2.75, 3.05) is 0 Å². The highest BCUT2D eigenvalue weighted by Gasteiger charge is 2.55. The maximum Gasteiger partial charge on any atom is 0.326 e. The van der Waals surface area contributed by atoms with Gasteiger partial charge in [0.05, 0.1) is 29.2 Å². The lowest BCUT2D eigenvalue weighted by molar-refractivity contribution is -0.146. The molecular formula is C17H19N5O2. The van der Waals surface area contributed by atoms with Gasteiger partial charge in [0.1, 0.15) is 5.52 Å². The summed E-state index contributed by atoms with van der Waals surface area (Å²) in [6.45, 7) is 0. The molecule has 7 nitrogen and oxygen atoms in total. The van der Waals surface area contributed by atoms with Crippen molar-refractivity contribution in [1.82, 2.24) is 24.5 Å². The predicted molar refractivity (Wildman–Crippen MR) is 87.5 cm³/mol. The Labute approximate surface area is 137 Å². The molecule has 0 saturated heterocycles. The molecule has 2 unspecified atom stereocenters. The lowest BCUT2D eigenvalue weighted by Crippen LogP contribution is -2.55. The third-order valence-corrected chi connectivity index (χ3v) is 6.62. The van der Waals surface area contributed by atoms with Crippen LogP contribution in [0.2, 0.25) is 0 Å². The Bertz CT molecular complexity index is 1010. The fourth-order valence-electron chi connectivity index (χ4n) is 6.16. The standard InChI is InChI=1S/C17H19N5O2/c23-16-21-11-6-18-15-12(19-7-20-15)14(11)22(16)13-9-1-8-2-10(13)5-17(24,3-8)4-9/h6-10,13,24H,1-5H2,(H,21,23)(H,18,19,20). The van der Waals surface area contributed by atoms with Crippen LogP contribution in [-0.4, -0.2) is 35.2 Å². The van der Waals surface area contributed by atoms with E-state index in [1.165, 1.54) is 0 Å². The summed E-state index contributed by atoms with van der Waals surface area (Å²) in [5.74, 6) is 1.38. The Kier molecular flexibility index (Phi) is 2.24. The number of hydrogen-bond donors (Lipinski definition) is 3. The van der Waals surface area contributed by atoms with Crippen LogP contribution in [0.4, 0.5) is 0 Å². The van der Waals surface area contributed by atoms with Gasteiger partial charge in [-0.25, -0.2) is 14.8 Å². The van der Waals surface area contributed by atoms with Crippen LogP contribution >= 0.6 is 0 Å². The fourth-order valence-corrected chi connectivity index (χ4v) is 6.16. The van der Waals surface area contributed by atoms with Gasteiger partial charge < -0.3 is 15.1 Å². The van der Waals surface area contributed by atoms with Gasteiger partial charge in [0.2, 0.25) is 0 Å². The molecule has 3 aromatic heterocycles. The van der Waals surface area contributed by atoms with E-state index in [1.807, 2.05) is 4.57 Å². The Morgan fingerprint density at radius 3 is 2.75 bits per heavy atom. The largest absolute Gasteiger partial charge is 0.390 e. The summed E-state index contributed by atoms with van der Waals surface area (Å²) in [5.41, 5.74) is 2.53. The molecule has 4 aliphatic carbocycles. The minimum absolute atomic E-state index is 0.0710. The number of fused-ring (bicyclic) bond motifs is 3. The van der Waals surface area contributed by atoms with Gasteiger partial charge in [0, 0.05) is 6.04 Å². The molecule has 124 valence electrons. The van der Waals surface area contributed by atoms with E-state index >= 15 is 0 Å². The molecule has 4 saturated carbocycles. The van der Waals surface area contributed by atoms with Crippen molar-refractivity contribution in [2.45, 2.75) is 43.7 Å². The average Bonchev–Trinajstić information content (AvgIpc) is 3.09. The van der Waals surface area contributed by atoms with Crippen molar-refractivity contribution in [3.63, 3.8) is 0 Å². The molecule has 3 aromatic rings. The zero-order valence-corrected chi connectivity index (χ0v) is 13.2. The molecule has 0 spiro atoms. The summed E-state index contributed by atoms with van der Waals surface area (Å²) in [6.07, 6.45) is 8.16. The molecule has 3 N–H and O–H groups in total. The highest BCUT2D eigenvalue weighted by Crippen LogP contribution is 2.60. The normalized spacial score (nSPS) is 37.7. The first-order valence-electron chi connectivity index (χ1n) is 8.76. The predicted octanol–water partition coefficient (Wildman–Crippen LogP) is 1.71. The van der Waals surface area contributed by atoms with E-state index in [2.05, 4.69) is 19.9 Å². The average molecular weight is 325 g/mol. The highest BCUT2D eigenvalue weighted by atomic mass is 16.3. The maximum absolute atomic E-state index is 12.8. The van der Waals surface area contributed by atoms with Gasteiger partial charge in [-0.05, 0) is 49.9 Å². The lowest BCUT2D eigenvalue weighted by Gasteiger charge is -2.58.